The Morgan fingerprint density at radius 3 is 1.33 bits per heavy atom. The Morgan fingerprint density at radius 1 is 0.573 bits per heavy atom. The largest absolute Gasteiger partial charge is 0.478 e. The lowest BCUT2D eigenvalue weighted by molar-refractivity contribution is 0.0516. The first-order chi connectivity index (χ1) is 37.8. The lowest BCUT2D eigenvalue weighted by Crippen LogP contribution is -2.49. The van der Waals surface area contributed by atoms with Gasteiger partial charge in [-0.2, -0.15) is 4.40 Å². The van der Waals surface area contributed by atoms with Crippen LogP contribution in [0.25, 0.3) is 0 Å². The van der Waals surface area contributed by atoms with Crippen LogP contribution in [0.2, 0.25) is 0 Å². The monoisotopic (exact) mass is 1440 g/mol. The normalized spacial score (nSPS) is 15.7. The molecule has 20 heteroatoms. The Kier molecular flexibility index (Phi) is 39.2. The standard InChI is InChI=1S/C19H29NO3S.C15H21NO2.C10H19NOS.C9H9IO2.C7H5IO2.C2H6O.2ClH/c1-5-23-17(21)15-10-9-11-16(14-15)19(12-7-6-8-13-19)20-24(22)18(2,3)4;1-2-18-14(17)12-7-6-8-13(11-12)15(16)9-4-3-5-10-15;1-10(2,3)13(12)11-9-7-5-4-6-8-9;1-2-12-9(11)7-4-3-5-8(10)6-7;8-6-3-1-2-5(4-6)7(9)10;1-2-3;;/h9-11,14,20H,5-8,12-13H2,1-4H3;6-8,11H,2-5,9-10,16H2,1H3;4-8H2,1-3H3;3-6H,2H2,1H3;1-4H,(H,9,10);3H,2H2,1H3;2*1H. The Labute approximate surface area is 534 Å². The average Bonchev–Trinajstić information content (AvgIpc) is 3.64. The van der Waals surface area contributed by atoms with E-state index >= 15 is 0 Å². The highest BCUT2D eigenvalue weighted by Crippen LogP contribution is 2.39. The molecule has 0 spiro atoms. The fraction of sp³-hybridized carbons (Fsp3) is 0.532. The van der Waals surface area contributed by atoms with Crippen LogP contribution in [0.1, 0.15) is 218 Å². The SMILES string of the molecule is CC(C)(C)S(=O)N=C1CCCCC1.CCO.CCOC(=O)c1cccc(C2(N)CCCCC2)c1.CCOC(=O)c1cccc(C2(NS(=O)C(C)(C)C)CCCCC2)c1.CCOC(=O)c1cccc(I)c1.Cl.Cl.O=C(O)c1cccc(I)c1. The van der Waals surface area contributed by atoms with Gasteiger partial charge in [0.2, 0.25) is 0 Å². The number of rotatable bonds is 12. The van der Waals surface area contributed by atoms with Crippen molar-refractivity contribution in [2.75, 3.05) is 26.4 Å². The molecule has 7 rings (SSSR count). The molecule has 0 saturated heterocycles. The number of nitrogens with two attached hydrogens (primary N) is 1. The number of benzene rings is 4. The van der Waals surface area contributed by atoms with Crippen LogP contribution in [0.5, 0.6) is 0 Å². The number of aliphatic hydroxyl groups is 1. The molecule has 0 heterocycles. The highest BCUT2D eigenvalue weighted by atomic mass is 127. The zero-order valence-corrected chi connectivity index (χ0v) is 57.2. The van der Waals surface area contributed by atoms with Gasteiger partial charge in [0.25, 0.3) is 0 Å². The molecule has 0 aromatic heterocycles. The van der Waals surface area contributed by atoms with Gasteiger partial charge >= 0.3 is 23.9 Å². The van der Waals surface area contributed by atoms with Crippen LogP contribution < -0.4 is 10.5 Å². The Morgan fingerprint density at radius 2 is 0.939 bits per heavy atom. The number of carbonyl (C=O) groups is 4. The molecule has 0 radical (unpaired) electrons. The van der Waals surface area contributed by atoms with E-state index in [9.17, 15) is 27.6 Å². The van der Waals surface area contributed by atoms with Crippen molar-refractivity contribution in [3.8, 4) is 0 Å². The fourth-order valence-corrected chi connectivity index (χ4v) is 11.3. The Balaban J connectivity index is 0.00000101. The molecule has 0 bridgehead atoms. The van der Waals surface area contributed by atoms with E-state index in [-0.39, 0.29) is 69.9 Å². The summed E-state index contributed by atoms with van der Waals surface area (Å²) in [5.74, 6) is -1.70. The summed E-state index contributed by atoms with van der Waals surface area (Å²) in [5.41, 5.74) is 11.2. The smallest absolute Gasteiger partial charge is 0.338 e. The highest BCUT2D eigenvalue weighted by molar-refractivity contribution is 14.1. The molecule has 2 unspecified atom stereocenters. The summed E-state index contributed by atoms with van der Waals surface area (Å²) in [4.78, 5) is 45.3. The minimum Gasteiger partial charge on any atom is -0.478 e. The molecule has 4 aromatic carbocycles. The van der Waals surface area contributed by atoms with Crippen LogP contribution in [-0.4, -0.2) is 84.1 Å². The maximum absolute atomic E-state index is 12.7. The van der Waals surface area contributed by atoms with E-state index in [1.807, 2.05) is 103 Å². The van der Waals surface area contributed by atoms with E-state index < -0.39 is 27.9 Å². The van der Waals surface area contributed by atoms with Gasteiger partial charge in [0.05, 0.1) is 68.1 Å². The van der Waals surface area contributed by atoms with Gasteiger partial charge in [0, 0.05) is 25.0 Å². The number of nitrogens with zero attached hydrogens (tertiary/aromatic N) is 1. The summed E-state index contributed by atoms with van der Waals surface area (Å²) in [7, 11) is -2.21. The van der Waals surface area contributed by atoms with E-state index in [4.69, 9.17) is 30.2 Å². The molecule has 3 aliphatic carbocycles. The van der Waals surface area contributed by atoms with Gasteiger partial charge in [-0.25, -0.2) is 32.3 Å². The second-order valence-electron chi connectivity index (χ2n) is 21.4. The van der Waals surface area contributed by atoms with Crippen molar-refractivity contribution >= 4 is 122 Å². The Hall–Kier alpha value is -3.35. The van der Waals surface area contributed by atoms with Gasteiger partial charge in [0.15, 0.2) is 0 Å². The maximum atomic E-state index is 12.7. The molecule has 460 valence electrons. The summed E-state index contributed by atoms with van der Waals surface area (Å²) in [6.07, 6.45) is 16.7. The molecule has 3 saturated carbocycles. The number of hydrogen-bond donors (Lipinski definition) is 4. The van der Waals surface area contributed by atoms with Gasteiger partial charge in [-0.1, -0.05) is 81.3 Å². The van der Waals surface area contributed by atoms with Crippen LogP contribution in [0.15, 0.2) is 101 Å². The number of esters is 3. The second kappa shape index (κ2) is 40.9. The number of aromatic carboxylic acids is 1. The number of aliphatic hydroxyl groups excluding tert-OH is 1. The van der Waals surface area contributed by atoms with Crippen LogP contribution in [0.3, 0.4) is 0 Å². The molecule has 82 heavy (non-hydrogen) atoms. The van der Waals surface area contributed by atoms with Crippen molar-refractivity contribution in [1.29, 1.82) is 0 Å². The highest BCUT2D eigenvalue weighted by Gasteiger charge is 2.38. The molecule has 3 aliphatic rings. The average molecular weight is 1440 g/mol. The minimum absolute atomic E-state index is 0. The first-order valence-electron chi connectivity index (χ1n) is 27.8. The van der Waals surface area contributed by atoms with Crippen LogP contribution in [0, 0.1) is 7.14 Å². The molecule has 14 nitrogen and oxygen atoms in total. The van der Waals surface area contributed by atoms with Crippen LogP contribution in [-0.2, 0) is 47.3 Å². The van der Waals surface area contributed by atoms with E-state index in [1.165, 1.54) is 50.7 Å². The summed E-state index contributed by atoms with van der Waals surface area (Å²) in [6.45, 7) is 20.4. The van der Waals surface area contributed by atoms with Crippen LogP contribution >= 0.6 is 70.0 Å². The number of halogens is 4. The first kappa shape index (κ1) is 78.6. The molecule has 0 amide bonds. The third kappa shape index (κ3) is 29.2. The first-order valence-corrected chi connectivity index (χ1v) is 32.3. The lowest BCUT2D eigenvalue weighted by Gasteiger charge is -2.40. The topological polar surface area (TPSA) is 221 Å². The third-order valence-electron chi connectivity index (χ3n) is 12.7. The molecule has 5 N–H and O–H groups in total. The van der Waals surface area contributed by atoms with Crippen molar-refractivity contribution in [2.45, 2.75) is 186 Å². The van der Waals surface area contributed by atoms with E-state index in [1.54, 1.807) is 63.2 Å². The van der Waals surface area contributed by atoms with Gasteiger partial charge in [0.1, 0.15) is 11.0 Å². The van der Waals surface area contributed by atoms with E-state index in [0.717, 1.165) is 69.6 Å². The fourth-order valence-electron chi connectivity index (χ4n) is 8.49. The number of hydrogen-bond acceptors (Lipinski definition) is 11. The molecule has 4 aromatic rings. The molecule has 0 aliphatic heterocycles. The maximum Gasteiger partial charge on any atom is 0.338 e. The molecule has 2 atom stereocenters. The van der Waals surface area contributed by atoms with Gasteiger partial charge in [-0.05, 0) is 238 Å². The summed E-state index contributed by atoms with van der Waals surface area (Å²) >= 11 is 4.23. The van der Waals surface area contributed by atoms with Crippen molar-refractivity contribution in [3.63, 3.8) is 0 Å². The number of nitrogens with one attached hydrogen (secondary N) is 1. The summed E-state index contributed by atoms with van der Waals surface area (Å²) < 4.78 is 48.5. The zero-order chi connectivity index (χ0) is 59.9. The van der Waals surface area contributed by atoms with Crippen LogP contribution in [0.4, 0.5) is 0 Å². The number of carboxylic acid groups (broad SMARTS) is 1. The van der Waals surface area contributed by atoms with Crippen molar-refractivity contribution in [3.05, 3.63) is 138 Å². The van der Waals surface area contributed by atoms with Gasteiger partial charge in [-0.3, -0.25) is 0 Å². The third-order valence-corrected chi connectivity index (χ3v) is 17.2. The van der Waals surface area contributed by atoms with Crippen molar-refractivity contribution in [2.24, 2.45) is 10.1 Å². The van der Waals surface area contributed by atoms with Gasteiger partial charge < -0.3 is 30.2 Å². The molecule has 3 fully saturated rings. The van der Waals surface area contributed by atoms with E-state index in [2.05, 4.69) is 54.3 Å². The molecular weight excluding hydrogens is 1350 g/mol. The zero-order valence-electron chi connectivity index (χ0n) is 49.7. The summed E-state index contributed by atoms with van der Waals surface area (Å²) in [6, 6.07) is 29.3. The van der Waals surface area contributed by atoms with Crippen molar-refractivity contribution in [1.82, 2.24) is 4.72 Å². The molecular formula is C62H91Cl2I2N3O11S2. The number of carbonyl (C=O) groups excluding carboxylic acids is 3. The Bertz CT molecular complexity index is 2630. The number of carboxylic acids is 1. The predicted molar refractivity (Wildman–Crippen MR) is 356 cm³/mol. The second-order valence-corrected chi connectivity index (χ2v) is 27.8. The predicted octanol–water partition coefficient (Wildman–Crippen LogP) is 15.2. The number of ether oxygens (including phenoxy) is 3. The van der Waals surface area contributed by atoms with Crippen molar-refractivity contribution < 1.29 is 52.0 Å². The summed E-state index contributed by atoms with van der Waals surface area (Å²) in [5, 5.41) is 16.1. The minimum atomic E-state index is -1.16. The van der Waals surface area contributed by atoms with E-state index in [0.29, 0.717) is 42.1 Å². The lowest BCUT2D eigenvalue weighted by atomic mass is 9.77. The quantitative estimate of drug-likeness (QED) is 0.0591. The van der Waals surface area contributed by atoms with Gasteiger partial charge in [-0.15, -0.1) is 24.8 Å².